The number of para-hydroxylation sites is 1. The number of carbonyl (C=O) groups excluding carboxylic acids is 2. The predicted molar refractivity (Wildman–Crippen MR) is 95.3 cm³/mol. The standard InChI is InChI=1S/C20H23NO4/c1-15-8-4-5-10-17(15)13-21(14-20(23)25-3)19(22)12-16-9-6-7-11-18(16)24-2/h4-11H,12-14H2,1-3H3. The lowest BCUT2D eigenvalue weighted by atomic mass is 10.1. The topological polar surface area (TPSA) is 55.8 Å². The third kappa shape index (κ3) is 5.08. The average molecular weight is 341 g/mol. The maximum absolute atomic E-state index is 12.8. The normalized spacial score (nSPS) is 10.2. The number of ether oxygens (including phenoxy) is 2. The maximum atomic E-state index is 12.8. The molecule has 0 fully saturated rings. The Hall–Kier alpha value is -2.82. The lowest BCUT2D eigenvalue weighted by Gasteiger charge is -2.23. The SMILES string of the molecule is COC(=O)CN(Cc1ccccc1C)C(=O)Cc1ccccc1OC. The van der Waals surface area contributed by atoms with E-state index in [2.05, 4.69) is 0 Å². The number of methoxy groups -OCH3 is 2. The third-order valence-corrected chi connectivity index (χ3v) is 4.06. The fraction of sp³-hybridized carbons (Fsp3) is 0.300. The molecule has 0 saturated carbocycles. The van der Waals surface area contributed by atoms with Crippen molar-refractivity contribution in [3.05, 3.63) is 65.2 Å². The molecular weight excluding hydrogens is 318 g/mol. The van der Waals surface area contributed by atoms with Crippen molar-refractivity contribution in [2.24, 2.45) is 0 Å². The molecular formula is C20H23NO4. The van der Waals surface area contributed by atoms with Crippen molar-refractivity contribution in [1.29, 1.82) is 0 Å². The van der Waals surface area contributed by atoms with Crippen LogP contribution in [0.1, 0.15) is 16.7 Å². The minimum Gasteiger partial charge on any atom is -0.496 e. The number of hydrogen-bond acceptors (Lipinski definition) is 4. The second-order valence-corrected chi connectivity index (χ2v) is 5.74. The predicted octanol–water partition coefficient (Wildman–Crippen LogP) is 2.75. The van der Waals surface area contributed by atoms with Gasteiger partial charge in [-0.3, -0.25) is 9.59 Å². The van der Waals surface area contributed by atoms with Gasteiger partial charge in [-0.2, -0.15) is 0 Å². The first-order valence-corrected chi connectivity index (χ1v) is 8.06. The highest BCUT2D eigenvalue weighted by molar-refractivity contribution is 5.84. The van der Waals surface area contributed by atoms with Crippen molar-refractivity contribution in [2.45, 2.75) is 19.9 Å². The monoisotopic (exact) mass is 341 g/mol. The number of esters is 1. The van der Waals surface area contributed by atoms with Crippen molar-refractivity contribution in [3.8, 4) is 5.75 Å². The zero-order chi connectivity index (χ0) is 18.2. The molecule has 2 aromatic rings. The van der Waals surface area contributed by atoms with Crippen molar-refractivity contribution >= 4 is 11.9 Å². The number of aryl methyl sites for hydroxylation is 1. The molecule has 0 saturated heterocycles. The van der Waals surface area contributed by atoms with Gasteiger partial charge in [-0.05, 0) is 24.1 Å². The van der Waals surface area contributed by atoms with E-state index >= 15 is 0 Å². The Morgan fingerprint density at radius 3 is 2.24 bits per heavy atom. The van der Waals surface area contributed by atoms with Crippen LogP contribution in [-0.4, -0.2) is 37.5 Å². The van der Waals surface area contributed by atoms with Crippen molar-refractivity contribution in [2.75, 3.05) is 20.8 Å². The van der Waals surface area contributed by atoms with Crippen LogP contribution >= 0.6 is 0 Å². The molecule has 0 aromatic heterocycles. The molecule has 5 heteroatoms. The van der Waals surface area contributed by atoms with Crippen LogP contribution in [0, 0.1) is 6.92 Å². The van der Waals surface area contributed by atoms with E-state index in [9.17, 15) is 9.59 Å². The largest absolute Gasteiger partial charge is 0.496 e. The quantitative estimate of drug-likeness (QED) is 0.727. The van der Waals surface area contributed by atoms with E-state index in [1.165, 1.54) is 12.0 Å². The number of hydrogen-bond donors (Lipinski definition) is 0. The highest BCUT2D eigenvalue weighted by Gasteiger charge is 2.20. The first kappa shape index (κ1) is 18.5. The van der Waals surface area contributed by atoms with Crippen molar-refractivity contribution in [3.63, 3.8) is 0 Å². The first-order chi connectivity index (χ1) is 12.0. The van der Waals surface area contributed by atoms with Crippen LogP contribution in [-0.2, 0) is 27.3 Å². The van der Waals surface area contributed by atoms with E-state index < -0.39 is 5.97 Å². The summed E-state index contributed by atoms with van der Waals surface area (Å²) >= 11 is 0. The van der Waals surface area contributed by atoms with E-state index in [0.717, 1.165) is 16.7 Å². The summed E-state index contributed by atoms with van der Waals surface area (Å²) in [5.41, 5.74) is 2.86. The Bertz CT molecular complexity index is 742. The summed E-state index contributed by atoms with van der Waals surface area (Å²) in [6.45, 7) is 2.25. The van der Waals surface area contributed by atoms with Gasteiger partial charge in [0, 0.05) is 12.1 Å². The second-order valence-electron chi connectivity index (χ2n) is 5.74. The molecule has 0 aliphatic carbocycles. The van der Waals surface area contributed by atoms with Gasteiger partial charge in [0.15, 0.2) is 0 Å². The third-order valence-electron chi connectivity index (χ3n) is 4.06. The second kappa shape index (κ2) is 8.87. The smallest absolute Gasteiger partial charge is 0.325 e. The van der Waals surface area contributed by atoms with E-state index in [-0.39, 0.29) is 18.9 Å². The lowest BCUT2D eigenvalue weighted by Crippen LogP contribution is -2.37. The molecule has 5 nitrogen and oxygen atoms in total. The zero-order valence-corrected chi connectivity index (χ0v) is 14.8. The van der Waals surface area contributed by atoms with Crippen LogP contribution in [0.15, 0.2) is 48.5 Å². The molecule has 0 unspecified atom stereocenters. The van der Waals surface area contributed by atoms with E-state index in [4.69, 9.17) is 9.47 Å². The number of benzene rings is 2. The molecule has 0 radical (unpaired) electrons. The Kier molecular flexibility index (Phi) is 6.57. The highest BCUT2D eigenvalue weighted by Crippen LogP contribution is 2.19. The molecule has 25 heavy (non-hydrogen) atoms. The Labute approximate surface area is 148 Å². The van der Waals surface area contributed by atoms with Gasteiger partial charge in [0.2, 0.25) is 5.91 Å². The van der Waals surface area contributed by atoms with Crippen LogP contribution < -0.4 is 4.74 Å². The van der Waals surface area contributed by atoms with Crippen molar-refractivity contribution in [1.82, 2.24) is 4.90 Å². The van der Waals surface area contributed by atoms with Gasteiger partial charge in [-0.1, -0.05) is 42.5 Å². The first-order valence-electron chi connectivity index (χ1n) is 8.06. The number of rotatable bonds is 7. The molecule has 1 amide bonds. The van der Waals surface area contributed by atoms with Crippen LogP contribution in [0.5, 0.6) is 5.75 Å². The van der Waals surface area contributed by atoms with Crippen molar-refractivity contribution < 1.29 is 19.1 Å². The van der Waals surface area contributed by atoms with Gasteiger partial charge in [-0.25, -0.2) is 0 Å². The van der Waals surface area contributed by atoms with Gasteiger partial charge in [0.25, 0.3) is 0 Å². The fourth-order valence-corrected chi connectivity index (χ4v) is 2.57. The van der Waals surface area contributed by atoms with E-state index in [0.29, 0.717) is 12.3 Å². The molecule has 0 bridgehead atoms. The number of nitrogens with zero attached hydrogens (tertiary/aromatic N) is 1. The summed E-state index contributed by atoms with van der Waals surface area (Å²) in [6.07, 6.45) is 0.160. The minimum atomic E-state index is -0.443. The summed E-state index contributed by atoms with van der Waals surface area (Å²) in [5, 5.41) is 0. The van der Waals surface area contributed by atoms with E-state index in [1.54, 1.807) is 7.11 Å². The molecule has 0 heterocycles. The van der Waals surface area contributed by atoms with Gasteiger partial charge in [0.1, 0.15) is 12.3 Å². The summed E-state index contributed by atoms with van der Waals surface area (Å²) in [7, 11) is 2.89. The highest BCUT2D eigenvalue weighted by atomic mass is 16.5. The molecule has 2 rings (SSSR count). The van der Waals surface area contributed by atoms with Crippen LogP contribution in [0.25, 0.3) is 0 Å². The Morgan fingerprint density at radius 2 is 1.60 bits per heavy atom. The summed E-state index contributed by atoms with van der Waals surface area (Å²) in [5.74, 6) is 0.0601. The van der Waals surface area contributed by atoms with Crippen LogP contribution in [0.4, 0.5) is 0 Å². The molecule has 0 N–H and O–H groups in total. The minimum absolute atomic E-state index is 0.0845. The molecule has 0 aliphatic heterocycles. The van der Waals surface area contributed by atoms with Gasteiger partial charge in [0.05, 0.1) is 20.6 Å². The van der Waals surface area contributed by atoms with E-state index in [1.807, 2.05) is 55.5 Å². The number of carbonyl (C=O) groups is 2. The van der Waals surface area contributed by atoms with Gasteiger partial charge < -0.3 is 14.4 Å². The maximum Gasteiger partial charge on any atom is 0.325 e. The molecule has 132 valence electrons. The molecule has 2 aromatic carbocycles. The zero-order valence-electron chi connectivity index (χ0n) is 14.8. The van der Waals surface area contributed by atoms with Gasteiger partial charge >= 0.3 is 5.97 Å². The Morgan fingerprint density at radius 1 is 0.960 bits per heavy atom. The lowest BCUT2D eigenvalue weighted by molar-refractivity contribution is -0.147. The molecule has 0 spiro atoms. The summed E-state index contributed by atoms with van der Waals surface area (Å²) in [6, 6.07) is 15.2. The van der Waals surface area contributed by atoms with Crippen LogP contribution in [0.3, 0.4) is 0 Å². The van der Waals surface area contributed by atoms with Crippen LogP contribution in [0.2, 0.25) is 0 Å². The average Bonchev–Trinajstić information content (AvgIpc) is 2.63. The molecule has 0 aliphatic rings. The molecule has 0 atom stereocenters. The summed E-state index contributed by atoms with van der Waals surface area (Å²) < 4.78 is 10.0. The fourth-order valence-electron chi connectivity index (χ4n) is 2.57. The number of amides is 1. The Balaban J connectivity index is 2.20. The summed E-state index contributed by atoms with van der Waals surface area (Å²) in [4.78, 5) is 26.1. The van der Waals surface area contributed by atoms with Gasteiger partial charge in [-0.15, -0.1) is 0 Å².